The topological polar surface area (TPSA) is 41.9 Å². The first-order valence-electron chi connectivity index (χ1n) is 6.54. The number of hydrogen-bond donors (Lipinski definition) is 1. The van der Waals surface area contributed by atoms with E-state index in [9.17, 15) is 5.11 Å². The molecule has 1 N–H and O–H groups in total. The van der Waals surface area contributed by atoms with Crippen LogP contribution in [0.25, 0.3) is 0 Å². The van der Waals surface area contributed by atoms with E-state index in [4.69, 9.17) is 9.47 Å². The Morgan fingerprint density at radius 1 is 1.47 bits per heavy atom. The van der Waals surface area contributed by atoms with E-state index in [-0.39, 0.29) is 6.10 Å². The molecule has 1 saturated heterocycles. The first-order valence-corrected chi connectivity index (χ1v) is 6.54. The van der Waals surface area contributed by atoms with Crippen LogP contribution in [-0.4, -0.2) is 42.9 Å². The van der Waals surface area contributed by atoms with Crippen LogP contribution in [0.5, 0.6) is 11.5 Å². The molecule has 0 aromatic heterocycles. The zero-order chi connectivity index (χ0) is 13.7. The first kappa shape index (κ1) is 13.9. The Kier molecular flexibility index (Phi) is 4.82. The van der Waals surface area contributed by atoms with E-state index in [1.807, 2.05) is 18.2 Å². The summed E-state index contributed by atoms with van der Waals surface area (Å²) in [5.41, 5.74) is 1.16. The summed E-state index contributed by atoms with van der Waals surface area (Å²) in [4.78, 5) is 2.24. The van der Waals surface area contributed by atoms with E-state index in [0.29, 0.717) is 6.61 Å². The molecule has 0 radical (unpaired) electrons. The highest BCUT2D eigenvalue weighted by molar-refractivity contribution is 5.43. The molecule has 1 aromatic rings. The van der Waals surface area contributed by atoms with Crippen LogP contribution in [0.15, 0.2) is 30.9 Å². The van der Waals surface area contributed by atoms with Crippen LogP contribution in [0.3, 0.4) is 0 Å². The summed E-state index contributed by atoms with van der Waals surface area (Å²) in [6.45, 7) is 6.61. The molecule has 0 amide bonds. The second kappa shape index (κ2) is 6.59. The Morgan fingerprint density at radius 2 is 2.32 bits per heavy atom. The molecule has 1 aromatic carbocycles. The van der Waals surface area contributed by atoms with Crippen LogP contribution in [0.4, 0.5) is 0 Å². The number of methoxy groups -OCH3 is 1. The Hall–Kier alpha value is -1.52. The van der Waals surface area contributed by atoms with Gasteiger partial charge in [0.05, 0.1) is 13.2 Å². The third-order valence-corrected chi connectivity index (χ3v) is 3.24. The fourth-order valence-electron chi connectivity index (χ4n) is 2.29. The Labute approximate surface area is 114 Å². The summed E-state index contributed by atoms with van der Waals surface area (Å²) in [5, 5.41) is 9.52. The predicted octanol–water partition coefficient (Wildman–Crippen LogP) is 1.83. The van der Waals surface area contributed by atoms with E-state index in [2.05, 4.69) is 11.5 Å². The molecule has 1 heterocycles. The summed E-state index contributed by atoms with van der Waals surface area (Å²) in [5.74, 6) is 1.46. The monoisotopic (exact) mass is 263 g/mol. The maximum atomic E-state index is 9.52. The second-order valence-electron chi connectivity index (χ2n) is 4.76. The summed E-state index contributed by atoms with van der Waals surface area (Å²) >= 11 is 0. The summed E-state index contributed by atoms with van der Waals surface area (Å²) < 4.78 is 10.9. The number of β-amino-alcohol motifs (C(OH)–C–C–N with tert-alkyl or cyclic N) is 1. The van der Waals surface area contributed by atoms with Crippen LogP contribution in [-0.2, 0) is 6.54 Å². The third-order valence-electron chi connectivity index (χ3n) is 3.24. The van der Waals surface area contributed by atoms with E-state index >= 15 is 0 Å². The molecule has 4 nitrogen and oxygen atoms in total. The fourth-order valence-corrected chi connectivity index (χ4v) is 2.29. The van der Waals surface area contributed by atoms with E-state index in [1.165, 1.54) is 0 Å². The standard InChI is InChI=1S/C15H21NO3/c1-3-8-19-14-5-4-12(9-15(14)18-2)10-16-7-6-13(17)11-16/h3-5,9,13,17H,1,6-8,10-11H2,2H3/t13-/m1/s1. The van der Waals surface area contributed by atoms with Gasteiger partial charge < -0.3 is 14.6 Å². The largest absolute Gasteiger partial charge is 0.493 e. The Bertz CT molecular complexity index is 433. The number of nitrogens with zero attached hydrogens (tertiary/aromatic N) is 1. The Balaban J connectivity index is 2.03. The van der Waals surface area contributed by atoms with Crippen molar-refractivity contribution in [2.75, 3.05) is 26.8 Å². The lowest BCUT2D eigenvalue weighted by Crippen LogP contribution is -2.21. The van der Waals surface area contributed by atoms with Crippen LogP contribution < -0.4 is 9.47 Å². The van der Waals surface area contributed by atoms with Crippen molar-refractivity contribution in [1.29, 1.82) is 0 Å². The van der Waals surface area contributed by atoms with Gasteiger partial charge in [-0.2, -0.15) is 0 Å². The van der Waals surface area contributed by atoms with E-state index in [1.54, 1.807) is 13.2 Å². The van der Waals surface area contributed by atoms with Crippen LogP contribution in [0.2, 0.25) is 0 Å². The summed E-state index contributed by atoms with van der Waals surface area (Å²) in [6.07, 6.45) is 2.38. The molecule has 4 heteroatoms. The van der Waals surface area contributed by atoms with E-state index in [0.717, 1.165) is 43.1 Å². The molecule has 0 bridgehead atoms. The number of benzene rings is 1. The lowest BCUT2D eigenvalue weighted by Gasteiger charge is -2.16. The number of ether oxygens (including phenoxy) is 2. The van der Waals surface area contributed by atoms with Gasteiger partial charge in [0, 0.05) is 19.6 Å². The maximum absolute atomic E-state index is 9.52. The second-order valence-corrected chi connectivity index (χ2v) is 4.76. The van der Waals surface area contributed by atoms with Crippen molar-refractivity contribution in [3.63, 3.8) is 0 Å². The van der Waals surface area contributed by atoms with Crippen molar-refractivity contribution >= 4 is 0 Å². The average molecular weight is 263 g/mol. The third kappa shape index (κ3) is 3.72. The Morgan fingerprint density at radius 3 is 2.95 bits per heavy atom. The van der Waals surface area contributed by atoms with Gasteiger partial charge in [0.1, 0.15) is 6.61 Å². The quantitative estimate of drug-likeness (QED) is 0.795. The number of aliphatic hydroxyl groups excluding tert-OH is 1. The molecule has 0 spiro atoms. The lowest BCUT2D eigenvalue weighted by molar-refractivity contribution is 0.174. The van der Waals surface area contributed by atoms with Crippen molar-refractivity contribution in [1.82, 2.24) is 4.90 Å². The number of hydrogen-bond acceptors (Lipinski definition) is 4. The highest BCUT2D eigenvalue weighted by Gasteiger charge is 2.20. The molecule has 0 aliphatic carbocycles. The number of rotatable bonds is 6. The molecule has 1 fully saturated rings. The highest BCUT2D eigenvalue weighted by atomic mass is 16.5. The van der Waals surface area contributed by atoms with Gasteiger partial charge in [-0.15, -0.1) is 0 Å². The molecule has 1 atom stereocenters. The minimum absolute atomic E-state index is 0.183. The van der Waals surface area contributed by atoms with Crippen molar-refractivity contribution < 1.29 is 14.6 Å². The van der Waals surface area contributed by atoms with Gasteiger partial charge in [-0.25, -0.2) is 0 Å². The lowest BCUT2D eigenvalue weighted by atomic mass is 10.2. The SMILES string of the molecule is C=CCOc1ccc(CN2CC[C@@H](O)C2)cc1OC. The molecular weight excluding hydrogens is 242 g/mol. The molecule has 1 aliphatic heterocycles. The van der Waals surface area contributed by atoms with Crippen LogP contribution >= 0.6 is 0 Å². The number of aliphatic hydroxyl groups is 1. The minimum Gasteiger partial charge on any atom is -0.493 e. The van der Waals surface area contributed by atoms with Gasteiger partial charge in [-0.1, -0.05) is 18.7 Å². The first-order chi connectivity index (χ1) is 9.22. The average Bonchev–Trinajstić information content (AvgIpc) is 2.82. The summed E-state index contributed by atoms with van der Waals surface area (Å²) in [6, 6.07) is 5.94. The molecule has 104 valence electrons. The normalized spacial score (nSPS) is 19.4. The van der Waals surface area contributed by atoms with Crippen molar-refractivity contribution in [2.24, 2.45) is 0 Å². The zero-order valence-electron chi connectivity index (χ0n) is 11.3. The molecule has 2 rings (SSSR count). The van der Waals surface area contributed by atoms with Crippen LogP contribution in [0.1, 0.15) is 12.0 Å². The highest BCUT2D eigenvalue weighted by Crippen LogP contribution is 2.29. The van der Waals surface area contributed by atoms with Gasteiger partial charge in [-0.05, 0) is 24.1 Å². The van der Waals surface area contributed by atoms with Crippen LogP contribution in [0, 0.1) is 0 Å². The smallest absolute Gasteiger partial charge is 0.161 e. The summed E-state index contributed by atoms with van der Waals surface area (Å²) in [7, 11) is 1.64. The van der Waals surface area contributed by atoms with Gasteiger partial charge >= 0.3 is 0 Å². The van der Waals surface area contributed by atoms with Crippen molar-refractivity contribution in [2.45, 2.75) is 19.1 Å². The van der Waals surface area contributed by atoms with Gasteiger partial charge in [-0.3, -0.25) is 4.90 Å². The minimum atomic E-state index is -0.183. The van der Waals surface area contributed by atoms with Gasteiger partial charge in [0.15, 0.2) is 11.5 Å². The fraction of sp³-hybridized carbons (Fsp3) is 0.467. The van der Waals surface area contributed by atoms with Crippen molar-refractivity contribution in [3.8, 4) is 11.5 Å². The zero-order valence-corrected chi connectivity index (χ0v) is 11.3. The molecule has 0 saturated carbocycles. The maximum Gasteiger partial charge on any atom is 0.161 e. The predicted molar refractivity (Wildman–Crippen MR) is 74.6 cm³/mol. The molecule has 0 unspecified atom stereocenters. The van der Waals surface area contributed by atoms with Gasteiger partial charge in [0.2, 0.25) is 0 Å². The molecule has 19 heavy (non-hydrogen) atoms. The van der Waals surface area contributed by atoms with Gasteiger partial charge in [0.25, 0.3) is 0 Å². The number of likely N-dealkylation sites (tertiary alicyclic amines) is 1. The molecular formula is C15H21NO3. The van der Waals surface area contributed by atoms with E-state index < -0.39 is 0 Å². The molecule has 1 aliphatic rings. The van der Waals surface area contributed by atoms with Crippen molar-refractivity contribution in [3.05, 3.63) is 36.4 Å².